The Bertz CT molecular complexity index is 1330. The minimum absolute atomic E-state index is 0.0115. The SMILES string of the molecule is CC[C@H](C)[C@@H]1NC(=O)CN(C(=O)CCc2cnn(C)c2)CCNC(=O)[C@H](Cc2ccccc2)NC(=O)[C@@H]2C[C@@H](O)CN2C1=O. The van der Waals surface area contributed by atoms with Crippen LogP contribution in [0.3, 0.4) is 0 Å². The van der Waals surface area contributed by atoms with Crippen molar-refractivity contribution in [1.82, 2.24) is 35.5 Å². The third-order valence-electron chi connectivity index (χ3n) is 8.33. The highest BCUT2D eigenvalue weighted by atomic mass is 16.3. The number of fused-ring (bicyclic) bond motifs is 1. The molecule has 238 valence electrons. The zero-order chi connectivity index (χ0) is 31.8. The van der Waals surface area contributed by atoms with Crippen LogP contribution in [-0.2, 0) is 43.9 Å². The molecule has 1 aromatic carbocycles. The molecule has 2 aromatic rings. The number of hydrogen-bond acceptors (Lipinski definition) is 7. The van der Waals surface area contributed by atoms with E-state index in [1.807, 2.05) is 50.4 Å². The van der Waals surface area contributed by atoms with Crippen molar-refractivity contribution in [3.8, 4) is 0 Å². The largest absolute Gasteiger partial charge is 0.391 e. The Labute approximate surface area is 257 Å². The molecule has 2 aliphatic heterocycles. The van der Waals surface area contributed by atoms with Gasteiger partial charge in [0.2, 0.25) is 29.5 Å². The summed E-state index contributed by atoms with van der Waals surface area (Å²) < 4.78 is 1.65. The molecule has 0 bridgehead atoms. The van der Waals surface area contributed by atoms with E-state index in [9.17, 15) is 29.1 Å². The Morgan fingerprint density at radius 1 is 1.09 bits per heavy atom. The Morgan fingerprint density at radius 3 is 2.52 bits per heavy atom. The maximum absolute atomic E-state index is 13.9. The van der Waals surface area contributed by atoms with Crippen molar-refractivity contribution in [2.45, 2.75) is 70.2 Å². The molecule has 2 saturated heterocycles. The van der Waals surface area contributed by atoms with Gasteiger partial charge in [-0.05, 0) is 23.5 Å². The minimum Gasteiger partial charge on any atom is -0.391 e. The van der Waals surface area contributed by atoms with E-state index >= 15 is 0 Å². The average Bonchev–Trinajstić information content (AvgIpc) is 3.61. The van der Waals surface area contributed by atoms with Crippen molar-refractivity contribution in [2.24, 2.45) is 13.0 Å². The third-order valence-corrected chi connectivity index (χ3v) is 8.33. The van der Waals surface area contributed by atoms with Gasteiger partial charge in [0.15, 0.2) is 0 Å². The van der Waals surface area contributed by atoms with Gasteiger partial charge in [0.25, 0.3) is 0 Å². The summed E-state index contributed by atoms with van der Waals surface area (Å²) in [6.45, 7) is 3.44. The molecule has 5 atom stereocenters. The van der Waals surface area contributed by atoms with Crippen LogP contribution in [-0.4, -0.2) is 105 Å². The number of hydrogen-bond donors (Lipinski definition) is 4. The quantitative estimate of drug-likeness (QED) is 0.329. The Hall–Kier alpha value is -4.26. The van der Waals surface area contributed by atoms with E-state index in [2.05, 4.69) is 21.0 Å². The van der Waals surface area contributed by atoms with Gasteiger partial charge in [0.1, 0.15) is 18.1 Å². The van der Waals surface area contributed by atoms with Gasteiger partial charge in [-0.2, -0.15) is 5.10 Å². The highest BCUT2D eigenvalue weighted by molar-refractivity contribution is 5.95. The average molecular weight is 610 g/mol. The van der Waals surface area contributed by atoms with Crippen LogP contribution in [0, 0.1) is 5.92 Å². The van der Waals surface area contributed by atoms with E-state index in [0.717, 1.165) is 11.1 Å². The van der Waals surface area contributed by atoms with Crippen molar-refractivity contribution in [1.29, 1.82) is 0 Å². The van der Waals surface area contributed by atoms with Crippen LogP contribution >= 0.6 is 0 Å². The molecule has 44 heavy (non-hydrogen) atoms. The summed E-state index contributed by atoms with van der Waals surface area (Å²) in [5.74, 6) is -2.60. The summed E-state index contributed by atoms with van der Waals surface area (Å²) in [6, 6.07) is 6.27. The summed E-state index contributed by atoms with van der Waals surface area (Å²) in [5.41, 5.74) is 1.70. The number of aliphatic hydroxyl groups excluding tert-OH is 1. The van der Waals surface area contributed by atoms with Crippen molar-refractivity contribution < 1.29 is 29.1 Å². The molecule has 13 heteroatoms. The lowest BCUT2D eigenvalue weighted by Crippen LogP contribution is -2.58. The van der Waals surface area contributed by atoms with E-state index in [-0.39, 0.29) is 57.3 Å². The number of carbonyl (C=O) groups is 5. The lowest BCUT2D eigenvalue weighted by Gasteiger charge is -2.32. The molecule has 4 rings (SSSR count). The van der Waals surface area contributed by atoms with Crippen molar-refractivity contribution >= 4 is 29.5 Å². The number of aliphatic hydroxyl groups is 1. The highest BCUT2D eigenvalue weighted by Crippen LogP contribution is 2.22. The van der Waals surface area contributed by atoms with E-state index < -0.39 is 47.9 Å². The summed E-state index contributed by atoms with van der Waals surface area (Å²) in [6.07, 6.45) is 3.89. The molecule has 0 unspecified atom stereocenters. The summed E-state index contributed by atoms with van der Waals surface area (Å²) in [4.78, 5) is 70.2. The first-order chi connectivity index (χ1) is 21.0. The summed E-state index contributed by atoms with van der Waals surface area (Å²) >= 11 is 0. The maximum Gasteiger partial charge on any atom is 0.246 e. The highest BCUT2D eigenvalue weighted by Gasteiger charge is 2.43. The first-order valence-corrected chi connectivity index (χ1v) is 15.2. The van der Waals surface area contributed by atoms with Crippen molar-refractivity contribution in [2.75, 3.05) is 26.2 Å². The van der Waals surface area contributed by atoms with E-state index in [0.29, 0.717) is 12.8 Å². The second kappa shape index (κ2) is 15.0. The fourth-order valence-corrected chi connectivity index (χ4v) is 5.63. The molecule has 0 radical (unpaired) electrons. The second-order valence-corrected chi connectivity index (χ2v) is 11.7. The number of rotatable bonds is 7. The summed E-state index contributed by atoms with van der Waals surface area (Å²) in [5, 5.41) is 23.0. The van der Waals surface area contributed by atoms with Gasteiger partial charge in [0, 0.05) is 52.1 Å². The zero-order valence-electron chi connectivity index (χ0n) is 25.6. The lowest BCUT2D eigenvalue weighted by atomic mass is 9.97. The maximum atomic E-state index is 13.9. The van der Waals surface area contributed by atoms with Crippen molar-refractivity contribution in [3.05, 3.63) is 53.9 Å². The van der Waals surface area contributed by atoms with E-state index in [4.69, 9.17) is 0 Å². The standard InChI is InChI=1S/C31H43N7O6/c1-4-20(2)28-31(44)38-18-23(39)15-25(38)30(43)34-24(14-21-8-6-5-7-9-21)29(42)32-12-13-37(19-26(40)35-28)27(41)11-10-22-16-33-36(3)17-22/h5-9,16-17,20,23-25,28,39H,4,10-15,18-19H2,1-3H3,(H,32,42)(H,34,43)(H,35,40)/t20-,23+,24-,25-,28-/m0/s1. The van der Waals surface area contributed by atoms with Crippen LogP contribution in [0.4, 0.5) is 0 Å². The fourth-order valence-electron chi connectivity index (χ4n) is 5.63. The van der Waals surface area contributed by atoms with Gasteiger partial charge < -0.3 is 30.9 Å². The molecular weight excluding hydrogens is 566 g/mol. The Balaban J connectivity index is 1.61. The first kappa shape index (κ1) is 32.6. The Kier molecular flexibility index (Phi) is 11.1. The number of aryl methyl sites for hydroxylation is 2. The Morgan fingerprint density at radius 2 is 1.84 bits per heavy atom. The number of amides is 5. The molecule has 3 heterocycles. The van der Waals surface area contributed by atoms with Crippen LogP contribution in [0.25, 0.3) is 0 Å². The molecule has 2 fully saturated rings. The normalized spacial score (nSPS) is 24.5. The molecule has 5 amide bonds. The van der Waals surface area contributed by atoms with E-state index in [1.54, 1.807) is 17.9 Å². The van der Waals surface area contributed by atoms with Crippen molar-refractivity contribution in [3.63, 3.8) is 0 Å². The van der Waals surface area contributed by atoms with Gasteiger partial charge in [-0.25, -0.2) is 0 Å². The molecule has 1 aromatic heterocycles. The topological polar surface area (TPSA) is 166 Å². The molecule has 0 spiro atoms. The van der Waals surface area contributed by atoms with Gasteiger partial charge in [-0.15, -0.1) is 0 Å². The van der Waals surface area contributed by atoms with Gasteiger partial charge in [-0.3, -0.25) is 28.7 Å². The van der Waals surface area contributed by atoms with Crippen LogP contribution in [0.15, 0.2) is 42.7 Å². The third kappa shape index (κ3) is 8.43. The molecular formula is C31H43N7O6. The van der Waals surface area contributed by atoms with Crippen LogP contribution in [0.1, 0.15) is 44.2 Å². The minimum atomic E-state index is -1.01. The monoisotopic (exact) mass is 609 g/mol. The number of nitrogens with one attached hydrogen (secondary N) is 3. The predicted octanol–water partition coefficient (Wildman–Crippen LogP) is -0.469. The predicted molar refractivity (Wildman–Crippen MR) is 161 cm³/mol. The molecule has 0 aliphatic carbocycles. The van der Waals surface area contributed by atoms with E-state index in [1.165, 1.54) is 9.80 Å². The van der Waals surface area contributed by atoms with Crippen LogP contribution in [0.5, 0.6) is 0 Å². The second-order valence-electron chi connectivity index (χ2n) is 11.7. The zero-order valence-corrected chi connectivity index (χ0v) is 25.6. The molecule has 0 saturated carbocycles. The molecule has 4 N–H and O–H groups in total. The number of aromatic nitrogens is 2. The number of benzene rings is 1. The van der Waals surface area contributed by atoms with Gasteiger partial charge in [0.05, 0.1) is 18.8 Å². The van der Waals surface area contributed by atoms with Crippen LogP contribution in [0.2, 0.25) is 0 Å². The molecule has 13 nitrogen and oxygen atoms in total. The fraction of sp³-hybridized carbons (Fsp3) is 0.548. The van der Waals surface area contributed by atoms with Gasteiger partial charge >= 0.3 is 0 Å². The number of nitrogens with zero attached hydrogens (tertiary/aromatic N) is 4. The first-order valence-electron chi connectivity index (χ1n) is 15.2. The number of carbonyl (C=O) groups excluding carboxylic acids is 5. The molecule has 2 aliphatic rings. The van der Waals surface area contributed by atoms with Gasteiger partial charge in [-0.1, -0.05) is 50.6 Å². The smallest absolute Gasteiger partial charge is 0.246 e. The summed E-state index contributed by atoms with van der Waals surface area (Å²) in [7, 11) is 1.79. The lowest BCUT2D eigenvalue weighted by molar-refractivity contribution is -0.143. The van der Waals surface area contributed by atoms with Crippen LogP contribution < -0.4 is 16.0 Å².